The first-order valence-electron chi connectivity index (χ1n) is 3.08. The van der Waals surface area contributed by atoms with Crippen molar-refractivity contribution < 1.29 is 13.2 Å². The lowest BCUT2D eigenvalue weighted by atomic mass is 10.2. The Morgan fingerprint density at radius 1 is 1.38 bits per heavy atom. The highest BCUT2D eigenvalue weighted by molar-refractivity contribution is 14.1. The summed E-state index contributed by atoms with van der Waals surface area (Å²) in [6, 6.07) is 3.18. The molecule has 0 radical (unpaired) electrons. The van der Waals surface area contributed by atoms with Crippen molar-refractivity contribution in [2.24, 2.45) is 0 Å². The monoisotopic (exact) mass is 298 g/mol. The molecule has 0 aliphatic rings. The average molecular weight is 298 g/mol. The highest BCUT2D eigenvalue weighted by Gasteiger charge is 2.31. The van der Waals surface area contributed by atoms with Crippen molar-refractivity contribution in [3.05, 3.63) is 27.1 Å². The highest BCUT2D eigenvalue weighted by Crippen LogP contribution is 2.29. The third-order valence-corrected chi connectivity index (χ3v) is 1.79. The van der Waals surface area contributed by atoms with Crippen LogP contribution in [-0.2, 0) is 6.18 Å². The summed E-state index contributed by atoms with van der Waals surface area (Å²) >= 11 is 1.63. The van der Waals surface area contributed by atoms with Gasteiger partial charge in [-0.05, 0) is 34.7 Å². The van der Waals surface area contributed by atoms with E-state index in [9.17, 15) is 13.2 Å². The van der Waals surface area contributed by atoms with E-state index in [-0.39, 0.29) is 9.39 Å². The summed E-state index contributed by atoms with van der Waals surface area (Å²) < 4.78 is 36.6. The maximum Gasteiger partial charge on any atom is 0.416 e. The molecule has 0 atom stereocenters. The third kappa shape index (κ3) is 2.55. The number of hydrogen-bond acceptors (Lipinski definition) is 2. The van der Waals surface area contributed by atoms with Gasteiger partial charge < -0.3 is 0 Å². The van der Waals surface area contributed by atoms with Gasteiger partial charge in [-0.2, -0.15) is 18.4 Å². The van der Waals surface area contributed by atoms with E-state index in [1.54, 1.807) is 28.7 Å². The van der Waals surface area contributed by atoms with Gasteiger partial charge in [-0.3, -0.25) is 0 Å². The Labute approximate surface area is 85.5 Å². The van der Waals surface area contributed by atoms with Gasteiger partial charge in [-0.15, -0.1) is 0 Å². The third-order valence-electron chi connectivity index (χ3n) is 1.24. The van der Waals surface area contributed by atoms with E-state index in [4.69, 9.17) is 5.26 Å². The zero-order chi connectivity index (χ0) is 10.1. The molecule has 13 heavy (non-hydrogen) atoms. The van der Waals surface area contributed by atoms with Gasteiger partial charge in [0.05, 0.1) is 5.56 Å². The second-order valence-electron chi connectivity index (χ2n) is 2.17. The fourth-order valence-electron chi connectivity index (χ4n) is 0.718. The van der Waals surface area contributed by atoms with Gasteiger partial charge in [0.1, 0.15) is 15.5 Å². The summed E-state index contributed by atoms with van der Waals surface area (Å²) in [5.74, 6) is 0. The van der Waals surface area contributed by atoms with Gasteiger partial charge in [0, 0.05) is 0 Å². The number of hydrogen-bond donors (Lipinski definition) is 0. The smallest absolute Gasteiger partial charge is 0.231 e. The molecule has 0 aliphatic carbocycles. The van der Waals surface area contributed by atoms with E-state index in [1.807, 2.05) is 0 Å². The Bertz CT molecular complexity index is 367. The molecule has 0 bridgehead atoms. The van der Waals surface area contributed by atoms with Crippen molar-refractivity contribution in [1.82, 2.24) is 4.98 Å². The van der Waals surface area contributed by atoms with Crippen LogP contribution < -0.4 is 0 Å². The van der Waals surface area contributed by atoms with E-state index < -0.39 is 11.7 Å². The molecule has 0 spiro atoms. The molecule has 0 aromatic carbocycles. The van der Waals surface area contributed by atoms with Crippen LogP contribution in [0.5, 0.6) is 0 Å². The molecular weight excluding hydrogens is 296 g/mol. The molecule has 0 aliphatic heterocycles. The quantitative estimate of drug-likeness (QED) is 0.545. The van der Waals surface area contributed by atoms with Crippen molar-refractivity contribution in [2.75, 3.05) is 0 Å². The molecule has 0 saturated heterocycles. The fraction of sp³-hybridized carbons (Fsp3) is 0.143. The highest BCUT2D eigenvalue weighted by atomic mass is 127. The molecule has 1 heterocycles. The van der Waals surface area contributed by atoms with Crippen LogP contribution in [-0.4, -0.2) is 4.98 Å². The molecular formula is C7H2F3IN2. The zero-order valence-electron chi connectivity index (χ0n) is 6.06. The lowest BCUT2D eigenvalue weighted by molar-refractivity contribution is -0.137. The number of nitrogens with zero attached hydrogens (tertiary/aromatic N) is 2. The van der Waals surface area contributed by atoms with Crippen molar-refractivity contribution in [3.63, 3.8) is 0 Å². The normalized spacial score (nSPS) is 11.0. The second kappa shape index (κ2) is 3.49. The summed E-state index contributed by atoms with van der Waals surface area (Å²) in [5.41, 5.74) is -1.07. The number of aromatic nitrogens is 1. The Hall–Kier alpha value is -0.840. The first kappa shape index (κ1) is 10.2. The second-order valence-corrected chi connectivity index (χ2v) is 3.28. The van der Waals surface area contributed by atoms with E-state index in [2.05, 4.69) is 4.98 Å². The molecule has 0 saturated carbocycles. The van der Waals surface area contributed by atoms with Crippen LogP contribution in [0.2, 0.25) is 0 Å². The average Bonchev–Trinajstić information content (AvgIpc) is 2.01. The molecule has 1 aromatic heterocycles. The Morgan fingerprint density at radius 3 is 2.46 bits per heavy atom. The van der Waals surface area contributed by atoms with E-state index in [0.717, 1.165) is 12.1 Å². The number of pyridine rings is 1. The Balaban J connectivity index is 3.26. The first-order chi connectivity index (χ1) is 5.93. The van der Waals surface area contributed by atoms with Gasteiger partial charge in [-0.25, -0.2) is 4.98 Å². The largest absolute Gasteiger partial charge is 0.416 e. The van der Waals surface area contributed by atoms with Gasteiger partial charge in [0.15, 0.2) is 0 Å². The number of rotatable bonds is 0. The predicted molar refractivity (Wildman–Crippen MR) is 46.7 cm³/mol. The van der Waals surface area contributed by atoms with Crippen LogP contribution in [0.4, 0.5) is 13.2 Å². The molecule has 2 nitrogen and oxygen atoms in total. The topological polar surface area (TPSA) is 36.7 Å². The SMILES string of the molecule is N#Cc1cc(C(F)(F)F)cc(I)n1. The predicted octanol–water partition coefficient (Wildman–Crippen LogP) is 2.58. The lowest BCUT2D eigenvalue weighted by Gasteiger charge is -2.06. The van der Waals surface area contributed by atoms with Crippen molar-refractivity contribution in [1.29, 1.82) is 5.26 Å². The molecule has 1 rings (SSSR count). The number of halogens is 4. The maximum atomic E-state index is 12.1. The minimum Gasteiger partial charge on any atom is -0.231 e. The minimum atomic E-state index is -4.42. The van der Waals surface area contributed by atoms with Crippen LogP contribution in [0, 0.1) is 15.0 Å². The summed E-state index contributed by atoms with van der Waals surface area (Å²) in [5, 5.41) is 8.37. The molecule has 0 fully saturated rings. The van der Waals surface area contributed by atoms with Crippen molar-refractivity contribution in [3.8, 4) is 6.07 Å². The zero-order valence-corrected chi connectivity index (χ0v) is 8.22. The van der Waals surface area contributed by atoms with Gasteiger partial charge in [-0.1, -0.05) is 0 Å². The molecule has 68 valence electrons. The lowest BCUT2D eigenvalue weighted by Crippen LogP contribution is -2.06. The molecule has 0 N–H and O–H groups in total. The molecule has 0 amide bonds. The standard InChI is InChI=1S/C7H2F3IN2/c8-7(9,10)4-1-5(3-12)13-6(11)2-4/h1-2H. The van der Waals surface area contributed by atoms with Crippen molar-refractivity contribution in [2.45, 2.75) is 6.18 Å². The van der Waals surface area contributed by atoms with Crippen LogP contribution in [0.25, 0.3) is 0 Å². The van der Waals surface area contributed by atoms with Crippen LogP contribution in [0.1, 0.15) is 11.3 Å². The van der Waals surface area contributed by atoms with E-state index >= 15 is 0 Å². The van der Waals surface area contributed by atoms with Crippen LogP contribution >= 0.6 is 22.6 Å². The molecule has 1 aromatic rings. The van der Waals surface area contributed by atoms with Crippen LogP contribution in [0.3, 0.4) is 0 Å². The molecule has 6 heteroatoms. The van der Waals surface area contributed by atoms with E-state index in [0.29, 0.717) is 0 Å². The number of alkyl halides is 3. The maximum absolute atomic E-state index is 12.1. The van der Waals surface area contributed by atoms with Crippen LogP contribution in [0.15, 0.2) is 12.1 Å². The minimum absolute atomic E-state index is 0.156. The van der Waals surface area contributed by atoms with Gasteiger partial charge in [0.2, 0.25) is 0 Å². The van der Waals surface area contributed by atoms with Gasteiger partial charge in [0.25, 0.3) is 0 Å². The number of nitriles is 1. The fourth-order valence-corrected chi connectivity index (χ4v) is 1.31. The summed E-state index contributed by atoms with van der Waals surface area (Å²) in [7, 11) is 0. The van der Waals surface area contributed by atoms with Gasteiger partial charge >= 0.3 is 6.18 Å². The van der Waals surface area contributed by atoms with E-state index in [1.165, 1.54) is 0 Å². The Kier molecular flexibility index (Phi) is 2.75. The summed E-state index contributed by atoms with van der Waals surface area (Å²) in [6.07, 6.45) is -4.42. The first-order valence-corrected chi connectivity index (χ1v) is 4.16. The summed E-state index contributed by atoms with van der Waals surface area (Å²) in [6.45, 7) is 0. The summed E-state index contributed by atoms with van der Waals surface area (Å²) in [4.78, 5) is 3.59. The Morgan fingerprint density at radius 2 is 2.00 bits per heavy atom. The van der Waals surface area contributed by atoms with Crippen molar-refractivity contribution >= 4 is 22.6 Å². The molecule has 0 unspecified atom stereocenters.